The molecule has 1 aromatic carbocycles. The van der Waals surface area contributed by atoms with Gasteiger partial charge >= 0.3 is 5.97 Å². The molecule has 1 aromatic rings. The van der Waals surface area contributed by atoms with Crippen molar-refractivity contribution in [2.24, 2.45) is 17.3 Å². The highest BCUT2D eigenvalue weighted by atomic mass is 16.6. The topological polar surface area (TPSA) is 44.8 Å². The average molecular weight is 446 g/mol. The molecule has 0 fully saturated rings. The van der Waals surface area contributed by atoms with Crippen LogP contribution in [0.4, 0.5) is 0 Å². The summed E-state index contributed by atoms with van der Waals surface area (Å²) in [4.78, 5) is 12.4. The van der Waals surface area contributed by atoms with E-state index in [0.717, 1.165) is 36.8 Å². The summed E-state index contributed by atoms with van der Waals surface area (Å²) in [5.74, 6) is 3.99. The summed E-state index contributed by atoms with van der Waals surface area (Å²) in [6.07, 6.45) is 4.51. The lowest BCUT2D eigenvalue weighted by Gasteiger charge is -2.31. The van der Waals surface area contributed by atoms with Crippen LogP contribution in [0.5, 0.6) is 17.2 Å². The third kappa shape index (κ3) is 8.05. The Labute approximate surface area is 197 Å². The molecular weight excluding hydrogens is 399 g/mol. The molecular formula is C27H47BO4. The van der Waals surface area contributed by atoms with Crippen molar-refractivity contribution >= 4 is 12.7 Å². The van der Waals surface area contributed by atoms with Gasteiger partial charge in [0.2, 0.25) is 5.75 Å². The number of hydrogen-bond acceptors (Lipinski definition) is 4. The zero-order valence-electron chi connectivity index (χ0n) is 22.5. The van der Waals surface area contributed by atoms with E-state index >= 15 is 0 Å². The molecule has 1 rings (SSSR count). The maximum absolute atomic E-state index is 12.4. The predicted molar refractivity (Wildman–Crippen MR) is 137 cm³/mol. The first-order valence-electron chi connectivity index (χ1n) is 12.3. The number of carbonyl (C=O) groups is 1. The molecule has 0 saturated heterocycles. The summed E-state index contributed by atoms with van der Waals surface area (Å²) >= 11 is 0. The smallest absolute Gasteiger partial charge is 0.316 e. The molecule has 0 radical (unpaired) electrons. The maximum atomic E-state index is 12.4. The summed E-state index contributed by atoms with van der Waals surface area (Å²) in [5, 5.41) is 0. The van der Waals surface area contributed by atoms with Gasteiger partial charge in [-0.15, -0.1) is 0 Å². The largest absolute Gasteiger partial charge is 0.493 e. The predicted octanol–water partition coefficient (Wildman–Crippen LogP) is 7.57. The van der Waals surface area contributed by atoms with E-state index in [1.165, 1.54) is 12.7 Å². The lowest BCUT2D eigenvalue weighted by atomic mass is 9.29. The van der Waals surface area contributed by atoms with Gasteiger partial charge in [0.25, 0.3) is 0 Å². The first-order valence-corrected chi connectivity index (χ1v) is 12.3. The first kappa shape index (κ1) is 28.4. The van der Waals surface area contributed by atoms with E-state index in [2.05, 4.69) is 41.5 Å². The van der Waals surface area contributed by atoms with E-state index in [1.54, 1.807) is 14.2 Å². The quantitative estimate of drug-likeness (QED) is 0.144. The minimum atomic E-state index is -0.606. The maximum Gasteiger partial charge on any atom is 0.316 e. The molecule has 0 aromatic heterocycles. The molecule has 0 N–H and O–H groups in total. The molecule has 182 valence electrons. The summed E-state index contributed by atoms with van der Waals surface area (Å²) in [5.41, 5.74) is 0.533. The Balaban J connectivity index is 2.89. The Kier molecular flexibility index (Phi) is 11.1. The number of rotatable bonds is 12. The van der Waals surface area contributed by atoms with Gasteiger partial charge in [0.05, 0.1) is 19.6 Å². The monoisotopic (exact) mass is 446 g/mol. The highest BCUT2D eigenvalue weighted by molar-refractivity contribution is 6.62. The molecule has 0 aliphatic rings. The SMILES string of the molecule is COc1cc(CCCCB(C(C)C(C)C)C(C)C(C)C)cc(OC)c1OC(=O)C(C)(C)C. The van der Waals surface area contributed by atoms with Crippen LogP contribution in [0.15, 0.2) is 12.1 Å². The summed E-state index contributed by atoms with van der Waals surface area (Å²) in [7, 11) is 3.19. The summed E-state index contributed by atoms with van der Waals surface area (Å²) in [6, 6.07) is 3.94. The van der Waals surface area contributed by atoms with Crippen molar-refractivity contribution < 1.29 is 19.0 Å². The van der Waals surface area contributed by atoms with E-state index < -0.39 is 5.41 Å². The van der Waals surface area contributed by atoms with E-state index in [4.69, 9.17) is 14.2 Å². The van der Waals surface area contributed by atoms with Gasteiger partial charge < -0.3 is 14.2 Å². The Bertz CT molecular complexity index is 682. The molecule has 0 heterocycles. The molecule has 0 bridgehead atoms. The van der Waals surface area contributed by atoms with Crippen LogP contribution in [0.2, 0.25) is 18.0 Å². The van der Waals surface area contributed by atoms with Crippen molar-refractivity contribution in [2.75, 3.05) is 14.2 Å². The minimum Gasteiger partial charge on any atom is -0.493 e. The number of hydrogen-bond donors (Lipinski definition) is 0. The fourth-order valence-electron chi connectivity index (χ4n) is 4.13. The van der Waals surface area contributed by atoms with Crippen LogP contribution in [0.25, 0.3) is 0 Å². The number of benzene rings is 1. The average Bonchev–Trinajstić information content (AvgIpc) is 2.72. The van der Waals surface area contributed by atoms with Gasteiger partial charge in [-0.1, -0.05) is 77.8 Å². The van der Waals surface area contributed by atoms with Crippen LogP contribution in [0.3, 0.4) is 0 Å². The van der Waals surface area contributed by atoms with Crippen molar-refractivity contribution in [3.8, 4) is 17.2 Å². The van der Waals surface area contributed by atoms with Crippen molar-refractivity contribution in [1.29, 1.82) is 0 Å². The van der Waals surface area contributed by atoms with Crippen molar-refractivity contribution in [3.63, 3.8) is 0 Å². The van der Waals surface area contributed by atoms with Crippen LogP contribution < -0.4 is 14.2 Å². The fourth-order valence-corrected chi connectivity index (χ4v) is 4.13. The molecule has 0 aliphatic carbocycles. The lowest BCUT2D eigenvalue weighted by Crippen LogP contribution is -2.29. The van der Waals surface area contributed by atoms with Gasteiger partial charge in [-0.25, -0.2) is 0 Å². The Hall–Kier alpha value is -1.65. The molecule has 5 heteroatoms. The molecule has 0 saturated carbocycles. The van der Waals surface area contributed by atoms with Gasteiger partial charge in [-0.2, -0.15) is 0 Å². The molecule has 2 unspecified atom stereocenters. The lowest BCUT2D eigenvalue weighted by molar-refractivity contribution is -0.143. The second-order valence-corrected chi connectivity index (χ2v) is 11.1. The van der Waals surface area contributed by atoms with Crippen LogP contribution in [-0.2, 0) is 11.2 Å². The molecule has 0 amide bonds. The molecule has 0 aliphatic heterocycles. The van der Waals surface area contributed by atoms with Crippen LogP contribution in [-0.4, -0.2) is 26.9 Å². The number of esters is 1. The van der Waals surface area contributed by atoms with Gasteiger partial charge in [0.15, 0.2) is 11.5 Å². The third-order valence-corrected chi connectivity index (χ3v) is 7.03. The summed E-state index contributed by atoms with van der Waals surface area (Å²) < 4.78 is 16.7. The van der Waals surface area contributed by atoms with Gasteiger partial charge in [-0.05, 0) is 51.3 Å². The van der Waals surface area contributed by atoms with Gasteiger partial charge in [-0.3, -0.25) is 4.79 Å². The zero-order chi connectivity index (χ0) is 24.6. The van der Waals surface area contributed by atoms with Crippen LogP contribution in [0.1, 0.15) is 80.7 Å². The van der Waals surface area contributed by atoms with E-state index in [9.17, 15) is 4.79 Å². The second-order valence-electron chi connectivity index (χ2n) is 11.1. The van der Waals surface area contributed by atoms with E-state index in [1.807, 2.05) is 32.9 Å². The van der Waals surface area contributed by atoms with Crippen molar-refractivity contribution in [2.45, 2.75) is 99.5 Å². The Morgan fingerprint density at radius 2 is 1.34 bits per heavy atom. The fraction of sp³-hybridized carbons (Fsp3) is 0.741. The Morgan fingerprint density at radius 3 is 1.72 bits per heavy atom. The third-order valence-electron chi connectivity index (χ3n) is 7.03. The van der Waals surface area contributed by atoms with E-state index in [0.29, 0.717) is 29.1 Å². The van der Waals surface area contributed by atoms with Crippen molar-refractivity contribution in [1.82, 2.24) is 0 Å². The second kappa shape index (κ2) is 12.6. The standard InChI is InChI=1S/C27H47BO4/c1-18(2)20(5)28(21(6)19(3)4)15-13-12-14-22-16-23(30-10)25(24(17-22)31-11)32-26(29)27(7,8)9/h16-21H,12-15H2,1-11H3. The number of unbranched alkanes of at least 4 members (excludes halogenated alkanes) is 1. The number of methoxy groups -OCH3 is 2. The molecule has 32 heavy (non-hydrogen) atoms. The Morgan fingerprint density at radius 1 is 0.875 bits per heavy atom. The molecule has 4 nitrogen and oxygen atoms in total. The highest BCUT2D eigenvalue weighted by Gasteiger charge is 2.30. The number of ether oxygens (including phenoxy) is 3. The number of aryl methyl sites for hydroxylation is 1. The first-order chi connectivity index (χ1) is 14.8. The highest BCUT2D eigenvalue weighted by Crippen LogP contribution is 2.40. The minimum absolute atomic E-state index is 0.313. The van der Waals surface area contributed by atoms with Crippen LogP contribution >= 0.6 is 0 Å². The number of carbonyl (C=O) groups excluding carboxylic acids is 1. The summed E-state index contributed by atoms with van der Waals surface area (Å²) in [6.45, 7) is 20.5. The van der Waals surface area contributed by atoms with Gasteiger partial charge in [0, 0.05) is 0 Å². The normalized spacial score (nSPS) is 13.8. The van der Waals surface area contributed by atoms with Gasteiger partial charge in [0.1, 0.15) is 6.71 Å². The van der Waals surface area contributed by atoms with Crippen molar-refractivity contribution in [3.05, 3.63) is 17.7 Å². The molecule has 0 spiro atoms. The van der Waals surface area contributed by atoms with Crippen LogP contribution in [0, 0.1) is 17.3 Å². The van der Waals surface area contributed by atoms with E-state index in [-0.39, 0.29) is 5.97 Å². The zero-order valence-corrected chi connectivity index (χ0v) is 22.5. The molecule has 2 atom stereocenters.